The Hall–Kier alpha value is -2.92. The fourth-order valence-corrected chi connectivity index (χ4v) is 2.66. The van der Waals surface area contributed by atoms with Gasteiger partial charge in [-0.05, 0) is 42.8 Å². The van der Waals surface area contributed by atoms with E-state index < -0.39 is 0 Å². The maximum absolute atomic E-state index is 12.2. The third-order valence-corrected chi connectivity index (χ3v) is 4.26. The van der Waals surface area contributed by atoms with E-state index in [9.17, 15) is 4.79 Å². The minimum absolute atomic E-state index is 0.309. The van der Waals surface area contributed by atoms with Gasteiger partial charge in [-0.15, -0.1) is 0 Å². The molecule has 6 heteroatoms. The summed E-state index contributed by atoms with van der Waals surface area (Å²) in [6.45, 7) is 2.78. The minimum atomic E-state index is -0.309. The molecular weight excluding hydrogens is 362 g/mol. The molecule has 27 heavy (non-hydrogen) atoms. The topological polar surface area (TPSA) is 63.6 Å². The maximum atomic E-state index is 12.2. The zero-order valence-corrected chi connectivity index (χ0v) is 15.7. The van der Waals surface area contributed by atoms with Crippen molar-refractivity contribution in [1.82, 2.24) is 10.4 Å². The molecule has 2 aromatic carbocycles. The average molecular weight is 382 g/mol. The second kappa shape index (κ2) is 9.14. The number of hydrogen-bond acceptors (Lipinski definition) is 4. The molecule has 1 aromatic heterocycles. The first-order valence-electron chi connectivity index (χ1n) is 8.79. The van der Waals surface area contributed by atoms with Crippen LogP contribution < -0.4 is 10.2 Å². The lowest BCUT2D eigenvalue weighted by molar-refractivity contribution is 0.0955. The van der Waals surface area contributed by atoms with Gasteiger partial charge in [0.25, 0.3) is 5.91 Å². The highest BCUT2D eigenvalue weighted by molar-refractivity contribution is 6.32. The summed E-state index contributed by atoms with van der Waals surface area (Å²) in [6.07, 6.45) is 3.57. The van der Waals surface area contributed by atoms with Crippen LogP contribution in [0.4, 0.5) is 0 Å². The largest absolute Gasteiger partial charge is 0.494 e. The molecule has 1 heterocycles. The number of fused-ring (bicyclic) bond motifs is 1. The lowest BCUT2D eigenvalue weighted by Gasteiger charge is -2.06. The Morgan fingerprint density at radius 2 is 2.00 bits per heavy atom. The van der Waals surface area contributed by atoms with Crippen LogP contribution in [-0.2, 0) is 0 Å². The van der Waals surface area contributed by atoms with Crippen LogP contribution in [0.1, 0.15) is 35.7 Å². The number of halogens is 1. The number of carbonyl (C=O) groups excluding carboxylic acids is 1. The molecule has 0 bridgehead atoms. The van der Waals surface area contributed by atoms with Gasteiger partial charge in [-0.3, -0.25) is 4.79 Å². The van der Waals surface area contributed by atoms with Gasteiger partial charge in [0.1, 0.15) is 10.9 Å². The molecule has 138 valence electrons. The number of benzene rings is 2. The molecule has 0 fully saturated rings. The van der Waals surface area contributed by atoms with Gasteiger partial charge in [-0.2, -0.15) is 5.10 Å². The second-order valence-corrected chi connectivity index (χ2v) is 6.34. The molecule has 0 radical (unpaired) electrons. The highest BCUT2D eigenvalue weighted by Crippen LogP contribution is 2.19. The van der Waals surface area contributed by atoms with E-state index in [2.05, 4.69) is 22.4 Å². The van der Waals surface area contributed by atoms with Gasteiger partial charge in [0, 0.05) is 16.5 Å². The first-order valence-corrected chi connectivity index (χ1v) is 9.16. The summed E-state index contributed by atoms with van der Waals surface area (Å²) in [5.41, 5.74) is 4.44. The van der Waals surface area contributed by atoms with Crippen LogP contribution in [0.3, 0.4) is 0 Å². The zero-order valence-electron chi connectivity index (χ0n) is 15.0. The number of hydrogen-bond donors (Lipinski definition) is 1. The molecule has 1 amide bonds. The highest BCUT2D eigenvalue weighted by Gasteiger charge is 2.06. The summed E-state index contributed by atoms with van der Waals surface area (Å²) in [7, 11) is 0. The predicted molar refractivity (Wildman–Crippen MR) is 109 cm³/mol. The van der Waals surface area contributed by atoms with Gasteiger partial charge in [-0.25, -0.2) is 10.4 Å². The molecule has 0 spiro atoms. The van der Waals surface area contributed by atoms with Crippen molar-refractivity contribution in [3.8, 4) is 5.75 Å². The summed E-state index contributed by atoms with van der Waals surface area (Å²) >= 11 is 6.18. The van der Waals surface area contributed by atoms with Crippen LogP contribution in [0.5, 0.6) is 5.75 Å². The number of rotatable bonds is 7. The first kappa shape index (κ1) is 18.9. The van der Waals surface area contributed by atoms with Gasteiger partial charge < -0.3 is 4.74 Å². The smallest absolute Gasteiger partial charge is 0.271 e. The molecule has 0 aliphatic carbocycles. The van der Waals surface area contributed by atoms with Crippen molar-refractivity contribution in [2.75, 3.05) is 6.61 Å². The molecular formula is C21H20ClN3O2. The molecule has 3 aromatic rings. The fourth-order valence-electron chi connectivity index (χ4n) is 2.46. The summed E-state index contributed by atoms with van der Waals surface area (Å²) in [5, 5.41) is 5.27. The third-order valence-electron chi connectivity index (χ3n) is 3.96. The van der Waals surface area contributed by atoms with E-state index in [0.29, 0.717) is 22.9 Å². The zero-order chi connectivity index (χ0) is 19.1. The van der Waals surface area contributed by atoms with E-state index in [-0.39, 0.29) is 5.91 Å². The van der Waals surface area contributed by atoms with Gasteiger partial charge in [0.2, 0.25) is 0 Å². The van der Waals surface area contributed by atoms with Crippen molar-refractivity contribution in [2.45, 2.75) is 19.8 Å². The molecule has 0 unspecified atom stereocenters. The second-order valence-electron chi connectivity index (χ2n) is 5.99. The van der Waals surface area contributed by atoms with Crippen LogP contribution >= 0.6 is 11.6 Å². The number of aromatic nitrogens is 1. The van der Waals surface area contributed by atoms with E-state index in [1.807, 2.05) is 30.3 Å². The summed E-state index contributed by atoms with van der Waals surface area (Å²) < 4.78 is 5.59. The van der Waals surface area contributed by atoms with Crippen LogP contribution in [0.15, 0.2) is 59.7 Å². The highest BCUT2D eigenvalue weighted by atomic mass is 35.5. The number of carbonyl (C=O) groups is 1. The van der Waals surface area contributed by atoms with Crippen molar-refractivity contribution in [1.29, 1.82) is 0 Å². The Labute approximate surface area is 163 Å². The third kappa shape index (κ3) is 5.05. The van der Waals surface area contributed by atoms with E-state index in [4.69, 9.17) is 16.3 Å². The van der Waals surface area contributed by atoms with E-state index in [1.54, 1.807) is 24.3 Å². The van der Waals surface area contributed by atoms with E-state index in [1.165, 1.54) is 6.21 Å². The minimum Gasteiger partial charge on any atom is -0.494 e. The van der Waals surface area contributed by atoms with Crippen molar-refractivity contribution >= 4 is 34.6 Å². The number of amides is 1. The maximum Gasteiger partial charge on any atom is 0.271 e. The summed E-state index contributed by atoms with van der Waals surface area (Å²) in [4.78, 5) is 16.5. The molecule has 5 nitrogen and oxygen atoms in total. The normalized spacial score (nSPS) is 11.0. The number of unbranched alkanes of at least 4 members (excludes halogenated alkanes) is 1. The lowest BCUT2D eigenvalue weighted by atomic mass is 10.2. The van der Waals surface area contributed by atoms with Crippen molar-refractivity contribution < 1.29 is 9.53 Å². The lowest BCUT2D eigenvalue weighted by Crippen LogP contribution is -2.17. The van der Waals surface area contributed by atoms with Crippen LogP contribution in [0, 0.1) is 0 Å². The van der Waals surface area contributed by atoms with Gasteiger partial charge in [0.15, 0.2) is 0 Å². The Balaban J connectivity index is 1.62. The van der Waals surface area contributed by atoms with E-state index >= 15 is 0 Å². The van der Waals surface area contributed by atoms with Crippen LogP contribution in [0.2, 0.25) is 5.15 Å². The number of nitrogens with one attached hydrogen (secondary N) is 1. The molecule has 0 saturated carbocycles. The predicted octanol–water partition coefficient (Wildman–Crippen LogP) is 4.83. The number of pyridine rings is 1. The Morgan fingerprint density at radius 1 is 1.22 bits per heavy atom. The Bertz CT molecular complexity index is 955. The van der Waals surface area contributed by atoms with Crippen molar-refractivity contribution in [3.05, 3.63) is 70.9 Å². The van der Waals surface area contributed by atoms with Crippen molar-refractivity contribution in [3.63, 3.8) is 0 Å². The monoisotopic (exact) mass is 381 g/mol. The van der Waals surface area contributed by atoms with Crippen LogP contribution in [0.25, 0.3) is 10.9 Å². The summed E-state index contributed by atoms with van der Waals surface area (Å²) in [6, 6.07) is 16.5. The molecule has 0 atom stereocenters. The van der Waals surface area contributed by atoms with Gasteiger partial charge in [0.05, 0.1) is 18.3 Å². The van der Waals surface area contributed by atoms with Gasteiger partial charge in [-0.1, -0.05) is 43.1 Å². The fraction of sp³-hybridized carbons (Fsp3) is 0.190. The quantitative estimate of drug-likeness (QED) is 0.276. The number of nitrogens with zero attached hydrogens (tertiary/aromatic N) is 2. The Kier molecular flexibility index (Phi) is 6.39. The molecule has 0 aliphatic rings. The molecule has 1 N–H and O–H groups in total. The molecule has 0 aliphatic heterocycles. The summed E-state index contributed by atoms with van der Waals surface area (Å²) in [5.74, 6) is 0.439. The van der Waals surface area contributed by atoms with Gasteiger partial charge >= 0.3 is 0 Å². The molecule has 3 rings (SSSR count). The van der Waals surface area contributed by atoms with Crippen LogP contribution in [-0.4, -0.2) is 23.7 Å². The number of ether oxygens (including phenoxy) is 1. The first-order chi connectivity index (χ1) is 13.2. The van der Waals surface area contributed by atoms with Crippen molar-refractivity contribution in [2.24, 2.45) is 5.10 Å². The average Bonchev–Trinajstić information content (AvgIpc) is 2.69. The number of para-hydroxylation sites is 1. The Morgan fingerprint density at radius 3 is 2.78 bits per heavy atom. The van der Waals surface area contributed by atoms with E-state index in [0.717, 1.165) is 29.5 Å². The standard InChI is InChI=1S/C21H20ClN3O2/c1-2-3-12-27-18-10-8-15(9-11-18)21(26)25-23-14-17-13-16-6-4-5-7-19(16)24-20(17)22/h4-11,13-14H,2-3,12H2,1H3,(H,25,26)/b23-14+. The SMILES string of the molecule is CCCCOc1ccc(C(=O)N/N=C/c2cc3ccccc3nc2Cl)cc1. The molecule has 0 saturated heterocycles. The number of hydrazone groups is 1.